The number of aliphatic hydroxyl groups excluding tert-OH is 1. The van der Waals surface area contributed by atoms with Crippen molar-refractivity contribution in [2.24, 2.45) is 5.41 Å². The molecule has 1 saturated heterocycles. The van der Waals surface area contributed by atoms with Gasteiger partial charge in [-0.1, -0.05) is 30.3 Å². The summed E-state index contributed by atoms with van der Waals surface area (Å²) in [5.41, 5.74) is -0.189. The van der Waals surface area contributed by atoms with E-state index in [2.05, 4.69) is 0 Å². The van der Waals surface area contributed by atoms with Gasteiger partial charge in [-0.15, -0.1) is 0 Å². The Bertz CT molecular complexity index is 545. The molecule has 6 heteroatoms. The van der Waals surface area contributed by atoms with Crippen molar-refractivity contribution in [3.63, 3.8) is 0 Å². The molecule has 0 aromatic heterocycles. The third-order valence-electron chi connectivity index (χ3n) is 4.38. The van der Waals surface area contributed by atoms with Crippen molar-refractivity contribution in [1.29, 1.82) is 0 Å². The summed E-state index contributed by atoms with van der Waals surface area (Å²) in [7, 11) is 1.29. The number of carbonyl (C=O) groups excluding carboxylic acids is 2. The summed E-state index contributed by atoms with van der Waals surface area (Å²) in [6.45, 7) is 2.33. The first kappa shape index (κ1) is 17.3. The Morgan fingerprint density at radius 2 is 2.04 bits per heavy atom. The van der Waals surface area contributed by atoms with Gasteiger partial charge in [0.2, 0.25) is 0 Å². The lowest BCUT2D eigenvalue weighted by Gasteiger charge is -2.41. The van der Waals surface area contributed by atoms with Crippen LogP contribution >= 0.6 is 0 Å². The number of rotatable bonds is 4. The number of benzene rings is 1. The van der Waals surface area contributed by atoms with E-state index in [9.17, 15) is 14.7 Å². The lowest BCUT2D eigenvalue weighted by Crippen LogP contribution is -2.55. The normalized spacial score (nSPS) is 22.3. The van der Waals surface area contributed by atoms with Crippen molar-refractivity contribution in [3.8, 4) is 0 Å². The molecule has 0 saturated carbocycles. The summed E-state index contributed by atoms with van der Waals surface area (Å²) >= 11 is 0. The number of piperidine rings is 1. The van der Waals surface area contributed by atoms with E-state index in [1.54, 1.807) is 6.92 Å². The zero-order valence-electron chi connectivity index (χ0n) is 13.5. The van der Waals surface area contributed by atoms with E-state index in [1.165, 1.54) is 12.0 Å². The number of ether oxygens (including phenoxy) is 2. The van der Waals surface area contributed by atoms with Crippen LogP contribution in [0.25, 0.3) is 0 Å². The molecule has 2 rings (SSSR count). The molecule has 0 spiro atoms. The molecule has 1 aliphatic rings. The van der Waals surface area contributed by atoms with Gasteiger partial charge in [-0.25, -0.2) is 4.79 Å². The number of carbonyl (C=O) groups is 2. The van der Waals surface area contributed by atoms with Crippen LogP contribution in [-0.4, -0.2) is 48.4 Å². The van der Waals surface area contributed by atoms with E-state index in [4.69, 9.17) is 9.47 Å². The first-order chi connectivity index (χ1) is 11.0. The standard InChI is InChI=1S/C17H23NO5/c1-13(19)17(15(20)22-2)9-6-10-18(12-17)16(21)23-11-14-7-4-3-5-8-14/h3-5,7-8,13,19H,6,9-12H2,1-2H3. The SMILES string of the molecule is COC(=O)C1(C(C)O)CCCN(C(=O)OCc2ccccc2)C1. The van der Waals surface area contributed by atoms with Gasteiger partial charge < -0.3 is 19.5 Å². The molecule has 0 radical (unpaired) electrons. The quantitative estimate of drug-likeness (QED) is 0.858. The predicted molar refractivity (Wildman–Crippen MR) is 83.6 cm³/mol. The molecule has 2 unspecified atom stereocenters. The molecule has 23 heavy (non-hydrogen) atoms. The minimum Gasteiger partial charge on any atom is -0.468 e. The van der Waals surface area contributed by atoms with E-state index < -0.39 is 23.6 Å². The number of methoxy groups -OCH3 is 1. The largest absolute Gasteiger partial charge is 0.468 e. The summed E-state index contributed by atoms with van der Waals surface area (Å²) < 4.78 is 10.1. The molecule has 2 atom stereocenters. The Morgan fingerprint density at radius 1 is 1.35 bits per heavy atom. The maximum Gasteiger partial charge on any atom is 0.410 e. The van der Waals surface area contributed by atoms with Crippen LogP contribution in [0.5, 0.6) is 0 Å². The Hall–Kier alpha value is -2.08. The Balaban J connectivity index is 2.02. The van der Waals surface area contributed by atoms with Crippen LogP contribution in [0, 0.1) is 5.41 Å². The molecule has 1 fully saturated rings. The van der Waals surface area contributed by atoms with Crippen LogP contribution in [0.15, 0.2) is 30.3 Å². The maximum absolute atomic E-state index is 12.3. The molecule has 1 aromatic carbocycles. The molecule has 1 heterocycles. The molecule has 1 N–H and O–H groups in total. The van der Waals surface area contributed by atoms with Gasteiger partial charge in [0.25, 0.3) is 0 Å². The average molecular weight is 321 g/mol. The second-order valence-electron chi connectivity index (χ2n) is 5.89. The van der Waals surface area contributed by atoms with Crippen LogP contribution in [0.1, 0.15) is 25.3 Å². The van der Waals surface area contributed by atoms with Gasteiger partial charge in [0.15, 0.2) is 0 Å². The van der Waals surface area contributed by atoms with Crippen LogP contribution < -0.4 is 0 Å². The van der Waals surface area contributed by atoms with Crippen LogP contribution in [0.2, 0.25) is 0 Å². The van der Waals surface area contributed by atoms with Gasteiger partial charge in [-0.05, 0) is 25.3 Å². The molecule has 0 bridgehead atoms. The first-order valence-corrected chi connectivity index (χ1v) is 7.72. The van der Waals surface area contributed by atoms with Crippen molar-refractivity contribution in [2.75, 3.05) is 20.2 Å². The summed E-state index contributed by atoms with van der Waals surface area (Å²) in [4.78, 5) is 25.8. The number of nitrogens with zero attached hydrogens (tertiary/aromatic N) is 1. The van der Waals surface area contributed by atoms with E-state index in [-0.39, 0.29) is 13.2 Å². The number of aliphatic hydroxyl groups is 1. The molecule has 1 aliphatic heterocycles. The lowest BCUT2D eigenvalue weighted by molar-refractivity contribution is -0.164. The molecule has 0 aliphatic carbocycles. The third kappa shape index (κ3) is 3.82. The number of esters is 1. The van der Waals surface area contributed by atoms with Gasteiger partial charge in [0, 0.05) is 13.1 Å². The van der Waals surface area contributed by atoms with Crippen molar-refractivity contribution >= 4 is 12.1 Å². The fourth-order valence-corrected chi connectivity index (χ4v) is 2.93. The second-order valence-corrected chi connectivity index (χ2v) is 5.89. The Morgan fingerprint density at radius 3 is 2.65 bits per heavy atom. The highest BCUT2D eigenvalue weighted by Crippen LogP contribution is 2.35. The topological polar surface area (TPSA) is 76.1 Å². The highest BCUT2D eigenvalue weighted by molar-refractivity contribution is 5.79. The molecule has 6 nitrogen and oxygen atoms in total. The maximum atomic E-state index is 12.3. The van der Waals surface area contributed by atoms with E-state index in [0.29, 0.717) is 19.4 Å². The number of amides is 1. The van der Waals surface area contributed by atoms with Crippen molar-refractivity contribution in [1.82, 2.24) is 4.90 Å². The summed E-state index contributed by atoms with van der Waals surface area (Å²) in [6.07, 6.45) is -0.289. The zero-order chi connectivity index (χ0) is 16.9. The van der Waals surface area contributed by atoms with E-state index in [0.717, 1.165) is 5.56 Å². The molecular formula is C17H23NO5. The van der Waals surface area contributed by atoms with Gasteiger partial charge in [-0.3, -0.25) is 4.79 Å². The van der Waals surface area contributed by atoms with E-state index >= 15 is 0 Å². The first-order valence-electron chi connectivity index (χ1n) is 7.72. The monoisotopic (exact) mass is 321 g/mol. The number of likely N-dealkylation sites (tertiary alicyclic amines) is 1. The van der Waals surface area contributed by atoms with Crippen molar-refractivity contribution in [2.45, 2.75) is 32.5 Å². The van der Waals surface area contributed by atoms with Crippen LogP contribution in [0.4, 0.5) is 4.79 Å². The summed E-state index contributed by atoms with van der Waals surface area (Å²) in [5.74, 6) is -0.493. The number of hydrogen-bond acceptors (Lipinski definition) is 5. The van der Waals surface area contributed by atoms with Crippen molar-refractivity contribution in [3.05, 3.63) is 35.9 Å². The fraction of sp³-hybridized carbons (Fsp3) is 0.529. The molecule has 1 aromatic rings. The van der Waals surface area contributed by atoms with Crippen LogP contribution in [0.3, 0.4) is 0 Å². The minimum atomic E-state index is -1.08. The number of hydrogen-bond donors (Lipinski definition) is 1. The third-order valence-corrected chi connectivity index (χ3v) is 4.38. The smallest absolute Gasteiger partial charge is 0.410 e. The Labute approximate surface area is 136 Å². The molecule has 1 amide bonds. The van der Waals surface area contributed by atoms with Gasteiger partial charge in [0.05, 0.1) is 13.2 Å². The molecule has 126 valence electrons. The van der Waals surface area contributed by atoms with Gasteiger partial charge in [-0.2, -0.15) is 0 Å². The lowest BCUT2D eigenvalue weighted by atomic mass is 9.75. The summed E-state index contributed by atoms with van der Waals surface area (Å²) in [6, 6.07) is 9.39. The fourth-order valence-electron chi connectivity index (χ4n) is 2.93. The van der Waals surface area contributed by atoms with Crippen LogP contribution in [-0.2, 0) is 20.9 Å². The predicted octanol–water partition coefficient (Wildman–Crippen LogP) is 1.96. The highest BCUT2D eigenvalue weighted by atomic mass is 16.6. The average Bonchev–Trinajstić information content (AvgIpc) is 2.59. The van der Waals surface area contributed by atoms with Gasteiger partial charge in [0.1, 0.15) is 12.0 Å². The Kier molecular flexibility index (Phi) is 5.60. The second kappa shape index (κ2) is 7.46. The highest BCUT2D eigenvalue weighted by Gasteiger charge is 2.48. The minimum absolute atomic E-state index is 0.102. The molecular weight excluding hydrogens is 298 g/mol. The van der Waals surface area contributed by atoms with Gasteiger partial charge >= 0.3 is 12.1 Å². The van der Waals surface area contributed by atoms with E-state index in [1.807, 2.05) is 30.3 Å². The van der Waals surface area contributed by atoms with Crippen molar-refractivity contribution < 1.29 is 24.2 Å². The zero-order valence-corrected chi connectivity index (χ0v) is 13.5. The summed E-state index contributed by atoms with van der Waals surface area (Å²) in [5, 5.41) is 10.1.